The van der Waals surface area contributed by atoms with Gasteiger partial charge in [0.05, 0.1) is 5.69 Å². The topological polar surface area (TPSA) is 72.2 Å². The Morgan fingerprint density at radius 2 is 2.16 bits per heavy atom. The number of sulfonamides is 1. The molecule has 1 aromatic carbocycles. The van der Waals surface area contributed by atoms with Crippen LogP contribution in [0.4, 0.5) is 10.1 Å². The predicted octanol–water partition coefficient (Wildman–Crippen LogP) is 2.12. The Bertz CT molecular complexity index is 560. The van der Waals surface area contributed by atoms with Crippen molar-refractivity contribution < 1.29 is 12.8 Å². The third-order valence-electron chi connectivity index (χ3n) is 3.63. The number of hydrogen-bond acceptors (Lipinski definition) is 3. The molecule has 2 rings (SSSR count). The van der Waals surface area contributed by atoms with Gasteiger partial charge in [-0.3, -0.25) is 0 Å². The number of rotatable bonds is 4. The van der Waals surface area contributed by atoms with Crippen LogP contribution in [0.15, 0.2) is 23.1 Å². The minimum Gasteiger partial charge on any atom is -0.398 e. The molecule has 1 saturated carbocycles. The van der Waals surface area contributed by atoms with Crippen LogP contribution in [0.1, 0.15) is 26.2 Å². The highest BCUT2D eigenvalue weighted by atomic mass is 32.2. The Kier molecular flexibility index (Phi) is 4.10. The van der Waals surface area contributed by atoms with Gasteiger partial charge in [-0.25, -0.2) is 17.5 Å². The van der Waals surface area contributed by atoms with Crippen molar-refractivity contribution in [1.29, 1.82) is 0 Å². The minimum absolute atomic E-state index is 0.0636. The molecule has 1 aliphatic carbocycles. The summed E-state index contributed by atoms with van der Waals surface area (Å²) in [4.78, 5) is -0.182. The van der Waals surface area contributed by atoms with Crippen molar-refractivity contribution in [2.75, 3.05) is 12.3 Å². The maximum atomic E-state index is 13.1. The lowest BCUT2D eigenvalue weighted by Gasteiger charge is -2.13. The third kappa shape index (κ3) is 3.45. The molecule has 2 atom stereocenters. The number of nitrogen functional groups attached to an aromatic ring is 1. The van der Waals surface area contributed by atoms with Gasteiger partial charge in [-0.2, -0.15) is 0 Å². The van der Waals surface area contributed by atoms with E-state index in [-0.39, 0.29) is 10.6 Å². The van der Waals surface area contributed by atoms with E-state index in [1.807, 2.05) is 0 Å². The molecule has 0 saturated heterocycles. The lowest BCUT2D eigenvalue weighted by atomic mass is 10.1. The van der Waals surface area contributed by atoms with Gasteiger partial charge < -0.3 is 5.73 Å². The zero-order valence-electron chi connectivity index (χ0n) is 10.9. The fourth-order valence-corrected chi connectivity index (χ4v) is 3.81. The van der Waals surface area contributed by atoms with Gasteiger partial charge in [-0.1, -0.05) is 13.3 Å². The Labute approximate surface area is 113 Å². The summed E-state index contributed by atoms with van der Waals surface area (Å²) in [6, 6.07) is 3.36. The van der Waals surface area contributed by atoms with Crippen molar-refractivity contribution in [3.05, 3.63) is 24.0 Å². The molecule has 4 nitrogen and oxygen atoms in total. The summed E-state index contributed by atoms with van der Waals surface area (Å²) in [7, 11) is -3.73. The highest BCUT2D eigenvalue weighted by Gasteiger charge is 2.24. The van der Waals surface area contributed by atoms with E-state index in [1.165, 1.54) is 6.07 Å². The molecule has 3 N–H and O–H groups in total. The van der Waals surface area contributed by atoms with Crippen LogP contribution < -0.4 is 10.5 Å². The number of benzene rings is 1. The molecular weight excluding hydrogens is 267 g/mol. The molecular formula is C13H19FN2O2S. The second kappa shape index (κ2) is 5.46. The van der Waals surface area contributed by atoms with Gasteiger partial charge >= 0.3 is 0 Å². The van der Waals surface area contributed by atoms with Crippen molar-refractivity contribution in [2.24, 2.45) is 11.8 Å². The summed E-state index contributed by atoms with van der Waals surface area (Å²) < 4.78 is 39.8. The van der Waals surface area contributed by atoms with E-state index in [1.54, 1.807) is 0 Å². The smallest absolute Gasteiger partial charge is 0.242 e. The SMILES string of the molecule is CC1CCC(CNS(=O)(=O)c2cc(F)ccc2N)C1. The molecule has 0 aromatic heterocycles. The fourth-order valence-electron chi connectivity index (χ4n) is 2.56. The Balaban J connectivity index is 2.08. The molecule has 2 unspecified atom stereocenters. The molecule has 1 fully saturated rings. The van der Waals surface area contributed by atoms with Crippen LogP contribution in [-0.4, -0.2) is 15.0 Å². The van der Waals surface area contributed by atoms with Gasteiger partial charge in [0.25, 0.3) is 0 Å². The summed E-state index contributed by atoms with van der Waals surface area (Å²) in [5.41, 5.74) is 5.66. The first-order valence-corrected chi connectivity index (χ1v) is 7.91. The number of nitrogens with one attached hydrogen (secondary N) is 1. The average molecular weight is 286 g/mol. The van der Waals surface area contributed by atoms with Gasteiger partial charge in [-0.05, 0) is 42.9 Å². The molecule has 0 heterocycles. The third-order valence-corrected chi connectivity index (χ3v) is 5.11. The van der Waals surface area contributed by atoms with Crippen LogP contribution >= 0.6 is 0 Å². The van der Waals surface area contributed by atoms with Crippen molar-refractivity contribution in [1.82, 2.24) is 4.72 Å². The lowest BCUT2D eigenvalue weighted by Crippen LogP contribution is -2.29. The Hall–Kier alpha value is -1.14. The number of anilines is 1. The van der Waals surface area contributed by atoms with E-state index in [4.69, 9.17) is 5.73 Å². The second-order valence-electron chi connectivity index (χ2n) is 5.32. The van der Waals surface area contributed by atoms with Gasteiger partial charge in [0.15, 0.2) is 0 Å². The first-order chi connectivity index (χ1) is 8.88. The number of halogens is 1. The predicted molar refractivity (Wildman–Crippen MR) is 72.5 cm³/mol. The van der Waals surface area contributed by atoms with Gasteiger partial charge in [0, 0.05) is 6.54 Å². The standard InChI is InChI=1S/C13H19FN2O2S/c1-9-2-3-10(6-9)8-16-19(17,18)13-7-11(14)4-5-12(13)15/h4-5,7,9-10,16H,2-3,6,8,15H2,1H3. The van der Waals surface area contributed by atoms with E-state index in [9.17, 15) is 12.8 Å². The van der Waals surface area contributed by atoms with Gasteiger partial charge in [-0.15, -0.1) is 0 Å². The first kappa shape index (κ1) is 14.3. The zero-order valence-corrected chi connectivity index (χ0v) is 11.7. The van der Waals surface area contributed by atoms with Crippen LogP contribution in [-0.2, 0) is 10.0 Å². The van der Waals surface area contributed by atoms with Crippen molar-refractivity contribution in [3.8, 4) is 0 Å². The number of nitrogens with two attached hydrogens (primary N) is 1. The van der Waals surface area contributed by atoms with E-state index in [0.29, 0.717) is 18.4 Å². The molecule has 0 aliphatic heterocycles. The maximum absolute atomic E-state index is 13.1. The first-order valence-electron chi connectivity index (χ1n) is 6.43. The molecule has 106 valence electrons. The quantitative estimate of drug-likeness (QED) is 0.833. The van der Waals surface area contributed by atoms with E-state index in [2.05, 4.69) is 11.6 Å². The molecule has 6 heteroatoms. The average Bonchev–Trinajstić information content (AvgIpc) is 2.76. The van der Waals surface area contributed by atoms with E-state index in [0.717, 1.165) is 31.4 Å². The fraction of sp³-hybridized carbons (Fsp3) is 0.538. The van der Waals surface area contributed by atoms with Crippen LogP contribution in [0.5, 0.6) is 0 Å². The van der Waals surface area contributed by atoms with Crippen molar-refractivity contribution >= 4 is 15.7 Å². The van der Waals surface area contributed by atoms with Gasteiger partial charge in [0.1, 0.15) is 10.7 Å². The van der Waals surface area contributed by atoms with Crippen LogP contribution in [0.3, 0.4) is 0 Å². The molecule has 0 bridgehead atoms. The molecule has 0 spiro atoms. The zero-order chi connectivity index (χ0) is 14.0. The monoisotopic (exact) mass is 286 g/mol. The maximum Gasteiger partial charge on any atom is 0.242 e. The van der Waals surface area contributed by atoms with Crippen molar-refractivity contribution in [3.63, 3.8) is 0 Å². The largest absolute Gasteiger partial charge is 0.398 e. The highest BCUT2D eigenvalue weighted by molar-refractivity contribution is 7.89. The number of hydrogen-bond donors (Lipinski definition) is 2. The lowest BCUT2D eigenvalue weighted by molar-refractivity contribution is 0.498. The second-order valence-corrected chi connectivity index (χ2v) is 7.05. The highest BCUT2D eigenvalue weighted by Crippen LogP contribution is 2.30. The minimum atomic E-state index is -3.73. The summed E-state index contributed by atoms with van der Waals surface area (Å²) in [5.74, 6) is 0.400. The van der Waals surface area contributed by atoms with E-state index >= 15 is 0 Å². The summed E-state index contributed by atoms with van der Waals surface area (Å²) in [6.07, 6.45) is 3.19. The molecule has 0 radical (unpaired) electrons. The Morgan fingerprint density at radius 3 is 2.79 bits per heavy atom. The van der Waals surface area contributed by atoms with Crippen LogP contribution in [0.25, 0.3) is 0 Å². The summed E-state index contributed by atoms with van der Waals surface area (Å²) in [5, 5.41) is 0. The van der Waals surface area contributed by atoms with Crippen LogP contribution in [0.2, 0.25) is 0 Å². The Morgan fingerprint density at radius 1 is 1.42 bits per heavy atom. The molecule has 19 heavy (non-hydrogen) atoms. The molecule has 1 aliphatic rings. The summed E-state index contributed by atoms with van der Waals surface area (Å²) >= 11 is 0. The van der Waals surface area contributed by atoms with Crippen molar-refractivity contribution in [2.45, 2.75) is 31.1 Å². The molecule has 0 amide bonds. The normalized spacial score (nSPS) is 23.7. The molecule has 1 aromatic rings. The van der Waals surface area contributed by atoms with E-state index < -0.39 is 15.8 Å². The summed E-state index contributed by atoms with van der Waals surface area (Å²) in [6.45, 7) is 2.56. The van der Waals surface area contributed by atoms with Gasteiger partial charge in [0.2, 0.25) is 10.0 Å². The van der Waals surface area contributed by atoms with Crippen LogP contribution in [0, 0.1) is 17.7 Å².